The normalized spacial score (nSPS) is 24.0. The summed E-state index contributed by atoms with van der Waals surface area (Å²) in [5.74, 6) is -3.35. The highest BCUT2D eigenvalue weighted by Gasteiger charge is 2.66. The molecule has 158 valence electrons. The summed E-state index contributed by atoms with van der Waals surface area (Å²) in [6.45, 7) is 1.72. The Kier molecular flexibility index (Phi) is 5.25. The third kappa shape index (κ3) is 3.71. The van der Waals surface area contributed by atoms with E-state index in [9.17, 15) is 38.0 Å². The van der Waals surface area contributed by atoms with E-state index in [1.54, 1.807) is 6.92 Å². The molecule has 1 heterocycles. The Balaban J connectivity index is 2.18. The van der Waals surface area contributed by atoms with Gasteiger partial charge in [-0.3, -0.25) is 14.9 Å². The molecule has 0 saturated carbocycles. The first kappa shape index (κ1) is 21.2. The van der Waals surface area contributed by atoms with Crippen LogP contribution in [0.25, 0.3) is 0 Å². The van der Waals surface area contributed by atoms with Gasteiger partial charge in [-0.25, -0.2) is 4.79 Å². The second-order valence-electron chi connectivity index (χ2n) is 6.90. The maximum atomic E-state index is 13.8. The quantitative estimate of drug-likeness (QED) is 0.397. The van der Waals surface area contributed by atoms with Gasteiger partial charge in [0.2, 0.25) is 5.72 Å². The standard InChI is InChI=1S/C19H16F3N3O5/c1-10-5-7-11(8-6-10)16(26)14-15(12-3-2-4-13(9-12)25(29)30)23-17(27)24-18(14,28)19(20,21)22/h2-9,14-15,28H,1H3,(H2,23,24,27)/t14-,15+,18+/m1/s1. The molecule has 0 bridgehead atoms. The molecule has 0 unspecified atom stereocenters. The Bertz CT molecular complexity index is 1010. The number of carbonyl (C=O) groups excluding carboxylic acids is 2. The van der Waals surface area contributed by atoms with E-state index in [1.165, 1.54) is 41.7 Å². The summed E-state index contributed by atoms with van der Waals surface area (Å²) < 4.78 is 41.5. The van der Waals surface area contributed by atoms with Crippen molar-refractivity contribution in [2.75, 3.05) is 0 Å². The van der Waals surface area contributed by atoms with Crippen LogP contribution in [0, 0.1) is 23.0 Å². The molecule has 11 heteroatoms. The Morgan fingerprint density at radius 2 is 1.83 bits per heavy atom. The van der Waals surface area contributed by atoms with Gasteiger partial charge in [0.05, 0.1) is 11.0 Å². The molecule has 3 rings (SSSR count). The topological polar surface area (TPSA) is 122 Å². The van der Waals surface area contributed by atoms with Crippen LogP contribution in [0.2, 0.25) is 0 Å². The van der Waals surface area contributed by atoms with Gasteiger partial charge in [0.25, 0.3) is 5.69 Å². The number of nitrogens with zero attached hydrogens (tertiary/aromatic N) is 1. The van der Waals surface area contributed by atoms with Crippen molar-refractivity contribution < 1.29 is 32.8 Å². The zero-order chi connectivity index (χ0) is 22.3. The lowest BCUT2D eigenvalue weighted by atomic mass is 9.77. The van der Waals surface area contributed by atoms with E-state index >= 15 is 0 Å². The average molecular weight is 423 g/mol. The van der Waals surface area contributed by atoms with Crippen LogP contribution in [-0.4, -0.2) is 33.7 Å². The molecule has 0 aromatic heterocycles. The van der Waals surface area contributed by atoms with E-state index in [0.29, 0.717) is 0 Å². The number of hydrogen-bond donors (Lipinski definition) is 3. The monoisotopic (exact) mass is 423 g/mol. The highest BCUT2D eigenvalue weighted by molar-refractivity contribution is 6.00. The molecular weight excluding hydrogens is 407 g/mol. The van der Waals surface area contributed by atoms with E-state index in [4.69, 9.17) is 0 Å². The lowest BCUT2D eigenvalue weighted by Gasteiger charge is -2.45. The number of Topliss-reactive ketones (excluding diaryl/α,β-unsaturated/α-hetero) is 1. The molecular formula is C19H16F3N3O5. The summed E-state index contributed by atoms with van der Waals surface area (Å²) >= 11 is 0. The number of aliphatic hydroxyl groups is 1. The van der Waals surface area contributed by atoms with Crippen molar-refractivity contribution in [3.8, 4) is 0 Å². The van der Waals surface area contributed by atoms with Gasteiger partial charge in [0.1, 0.15) is 5.92 Å². The van der Waals surface area contributed by atoms with Gasteiger partial charge < -0.3 is 15.7 Å². The molecule has 3 atom stereocenters. The van der Waals surface area contributed by atoms with Crippen LogP contribution in [0.15, 0.2) is 48.5 Å². The van der Waals surface area contributed by atoms with Crippen LogP contribution < -0.4 is 10.6 Å². The van der Waals surface area contributed by atoms with Crippen molar-refractivity contribution >= 4 is 17.5 Å². The highest BCUT2D eigenvalue weighted by atomic mass is 19.4. The molecule has 2 amide bonds. The first-order valence-electron chi connectivity index (χ1n) is 8.67. The van der Waals surface area contributed by atoms with Crippen LogP contribution in [0.4, 0.5) is 23.7 Å². The minimum atomic E-state index is -5.41. The lowest BCUT2D eigenvalue weighted by Crippen LogP contribution is -2.72. The number of nitrogens with one attached hydrogen (secondary N) is 2. The van der Waals surface area contributed by atoms with Crippen LogP contribution in [0.1, 0.15) is 27.5 Å². The first-order chi connectivity index (χ1) is 13.9. The third-order valence-electron chi connectivity index (χ3n) is 4.86. The highest BCUT2D eigenvalue weighted by Crippen LogP contribution is 2.44. The Morgan fingerprint density at radius 3 is 2.40 bits per heavy atom. The predicted molar refractivity (Wildman–Crippen MR) is 97.5 cm³/mol. The van der Waals surface area contributed by atoms with Crippen molar-refractivity contribution in [3.05, 3.63) is 75.3 Å². The molecule has 3 N–H and O–H groups in total. The molecule has 0 radical (unpaired) electrons. The second-order valence-corrected chi connectivity index (χ2v) is 6.90. The summed E-state index contributed by atoms with van der Waals surface area (Å²) in [4.78, 5) is 35.3. The predicted octanol–water partition coefficient (Wildman–Crippen LogP) is 3.01. The Morgan fingerprint density at radius 1 is 1.20 bits per heavy atom. The zero-order valence-corrected chi connectivity index (χ0v) is 15.4. The van der Waals surface area contributed by atoms with Gasteiger partial charge in [-0.15, -0.1) is 0 Å². The van der Waals surface area contributed by atoms with Gasteiger partial charge >= 0.3 is 12.2 Å². The number of amides is 2. The summed E-state index contributed by atoms with van der Waals surface area (Å²) in [7, 11) is 0. The number of carbonyl (C=O) groups is 2. The van der Waals surface area contributed by atoms with Crippen LogP contribution in [0.3, 0.4) is 0 Å². The van der Waals surface area contributed by atoms with Gasteiger partial charge in [0, 0.05) is 17.7 Å². The minimum absolute atomic E-state index is 0.123. The van der Waals surface area contributed by atoms with Crippen molar-refractivity contribution in [2.24, 2.45) is 5.92 Å². The number of nitro benzene ring substituents is 1. The fraction of sp³-hybridized carbons (Fsp3) is 0.263. The van der Waals surface area contributed by atoms with E-state index in [-0.39, 0.29) is 11.1 Å². The maximum Gasteiger partial charge on any atom is 0.437 e. The van der Waals surface area contributed by atoms with E-state index in [0.717, 1.165) is 17.7 Å². The van der Waals surface area contributed by atoms with E-state index in [1.807, 2.05) is 0 Å². The van der Waals surface area contributed by atoms with Crippen molar-refractivity contribution in [1.82, 2.24) is 10.6 Å². The summed E-state index contributed by atoms with van der Waals surface area (Å²) in [6.07, 6.45) is -5.41. The van der Waals surface area contributed by atoms with Gasteiger partial charge in [-0.1, -0.05) is 42.0 Å². The molecule has 1 fully saturated rings. The van der Waals surface area contributed by atoms with Crippen LogP contribution >= 0.6 is 0 Å². The number of nitro groups is 1. The number of alkyl halides is 3. The Labute approximate surface area is 167 Å². The lowest BCUT2D eigenvalue weighted by molar-refractivity contribution is -0.385. The summed E-state index contributed by atoms with van der Waals surface area (Å²) in [6, 6.07) is 7.07. The Hall–Kier alpha value is -3.47. The fourth-order valence-electron chi connectivity index (χ4n) is 3.35. The van der Waals surface area contributed by atoms with E-state index in [2.05, 4.69) is 5.32 Å². The molecule has 1 aliphatic heterocycles. The van der Waals surface area contributed by atoms with Gasteiger partial charge in [-0.2, -0.15) is 13.2 Å². The number of benzene rings is 2. The molecule has 30 heavy (non-hydrogen) atoms. The zero-order valence-electron chi connectivity index (χ0n) is 15.4. The summed E-state index contributed by atoms with van der Waals surface area (Å²) in [5.41, 5.74) is -3.85. The molecule has 0 aliphatic carbocycles. The second kappa shape index (κ2) is 7.41. The minimum Gasteiger partial charge on any atom is -0.363 e. The fourth-order valence-corrected chi connectivity index (χ4v) is 3.35. The van der Waals surface area contributed by atoms with Crippen molar-refractivity contribution in [1.29, 1.82) is 0 Å². The average Bonchev–Trinajstić information content (AvgIpc) is 2.66. The maximum absolute atomic E-state index is 13.8. The number of rotatable bonds is 4. The van der Waals surface area contributed by atoms with Crippen molar-refractivity contribution in [2.45, 2.75) is 24.9 Å². The number of hydrogen-bond acceptors (Lipinski definition) is 5. The molecule has 1 aliphatic rings. The first-order valence-corrected chi connectivity index (χ1v) is 8.67. The smallest absolute Gasteiger partial charge is 0.363 e. The molecule has 0 spiro atoms. The van der Waals surface area contributed by atoms with Crippen molar-refractivity contribution in [3.63, 3.8) is 0 Å². The molecule has 2 aromatic rings. The molecule has 8 nitrogen and oxygen atoms in total. The number of aryl methyl sites for hydroxylation is 1. The largest absolute Gasteiger partial charge is 0.437 e. The third-order valence-corrected chi connectivity index (χ3v) is 4.86. The number of urea groups is 1. The van der Waals surface area contributed by atoms with Crippen LogP contribution in [0.5, 0.6) is 0 Å². The summed E-state index contributed by atoms with van der Waals surface area (Å²) in [5, 5.41) is 25.1. The number of halogens is 3. The number of non-ortho nitro benzene ring substituents is 1. The SMILES string of the molecule is Cc1ccc(C(=O)[C@H]2[C@H](c3cccc([N+](=O)[O-])c3)NC(=O)N[C@@]2(O)C(F)(F)F)cc1. The van der Waals surface area contributed by atoms with Gasteiger partial charge in [-0.05, 0) is 12.5 Å². The number of ketones is 1. The van der Waals surface area contributed by atoms with Crippen LogP contribution in [-0.2, 0) is 0 Å². The van der Waals surface area contributed by atoms with E-state index < -0.39 is 46.3 Å². The van der Waals surface area contributed by atoms with Gasteiger partial charge in [0.15, 0.2) is 5.78 Å². The molecule has 2 aromatic carbocycles. The molecule has 1 saturated heterocycles.